The van der Waals surface area contributed by atoms with Crippen LogP contribution < -0.4 is 5.32 Å². The van der Waals surface area contributed by atoms with Crippen LogP contribution in [0, 0.1) is 0 Å². The van der Waals surface area contributed by atoms with E-state index in [-0.39, 0.29) is 5.11 Å². The van der Waals surface area contributed by atoms with Crippen LogP contribution in [0.3, 0.4) is 0 Å². The average Bonchev–Trinajstić information content (AvgIpc) is 2.55. The molecule has 0 aliphatic carbocycles. The lowest BCUT2D eigenvalue weighted by Crippen LogP contribution is -2.62. The van der Waals surface area contributed by atoms with Crippen molar-refractivity contribution in [2.75, 3.05) is 6.61 Å². The highest BCUT2D eigenvalue weighted by Gasteiger charge is 2.43. The van der Waals surface area contributed by atoms with E-state index in [2.05, 4.69) is 31.5 Å². The molecule has 1 saturated heterocycles. The summed E-state index contributed by atoms with van der Waals surface area (Å²) in [4.78, 5) is 0. The molecule has 0 bridgehead atoms. The molecule has 1 aromatic carbocycles. The van der Waals surface area contributed by atoms with E-state index >= 15 is 0 Å². The van der Waals surface area contributed by atoms with E-state index in [1.54, 1.807) is 0 Å². The van der Waals surface area contributed by atoms with Gasteiger partial charge in [0.05, 0.1) is 13.2 Å². The predicted molar refractivity (Wildman–Crippen MR) is 92.2 cm³/mol. The summed E-state index contributed by atoms with van der Waals surface area (Å²) in [6.07, 6.45) is -6.45. The molecule has 1 aromatic rings. The number of benzene rings is 1. The minimum absolute atomic E-state index is 0.0469. The minimum atomic E-state index is -1.48. The molecule has 1 aliphatic heterocycles. The van der Waals surface area contributed by atoms with Crippen LogP contribution in [0.2, 0.25) is 0 Å². The van der Waals surface area contributed by atoms with Crippen molar-refractivity contribution in [2.24, 2.45) is 10.2 Å². The van der Waals surface area contributed by atoms with Gasteiger partial charge in [-0.3, -0.25) is 0 Å². The van der Waals surface area contributed by atoms with Crippen molar-refractivity contribution in [1.29, 1.82) is 0 Å². The van der Waals surface area contributed by atoms with Crippen molar-refractivity contribution in [1.82, 2.24) is 5.32 Å². The third kappa shape index (κ3) is 4.99. The molecule has 0 radical (unpaired) electrons. The summed E-state index contributed by atoms with van der Waals surface area (Å²) in [6, 6.07) is 7.55. The van der Waals surface area contributed by atoms with Gasteiger partial charge in [0.1, 0.15) is 24.4 Å². The first-order valence-electron chi connectivity index (χ1n) is 7.15. The molecule has 2 rings (SSSR count). The largest absolute Gasteiger partial charge is 0.394 e. The summed E-state index contributed by atoms with van der Waals surface area (Å²) < 4.78 is 6.19. The number of halogens is 1. The van der Waals surface area contributed by atoms with Crippen LogP contribution in [-0.4, -0.2) is 62.8 Å². The lowest BCUT2D eigenvalue weighted by molar-refractivity contribution is -0.232. The summed E-state index contributed by atoms with van der Waals surface area (Å²) in [5, 5.41) is 48.7. The summed E-state index contributed by atoms with van der Waals surface area (Å²) in [5.41, 5.74) is 0.934. The monoisotopic (exact) mass is 419 g/mol. The van der Waals surface area contributed by atoms with E-state index in [0.717, 1.165) is 10.0 Å². The first-order chi connectivity index (χ1) is 11.4. The summed E-state index contributed by atoms with van der Waals surface area (Å²) in [6.45, 7) is -0.198. The van der Waals surface area contributed by atoms with E-state index in [9.17, 15) is 15.3 Å². The molecular weight excluding hydrogens is 402 g/mol. The van der Waals surface area contributed by atoms with Crippen molar-refractivity contribution in [3.8, 4) is 0 Å². The summed E-state index contributed by atoms with van der Waals surface area (Å²) in [5.74, 6) is 0. The van der Waals surface area contributed by atoms with Crippen LogP contribution in [0.15, 0.2) is 39.0 Å². The van der Waals surface area contributed by atoms with Gasteiger partial charge in [-0.05, 0) is 29.9 Å². The molecule has 5 atom stereocenters. The van der Waals surface area contributed by atoms with Gasteiger partial charge in [-0.2, -0.15) is 5.11 Å². The normalized spacial score (nSPS) is 30.5. The second-order valence-electron chi connectivity index (χ2n) is 5.23. The molecule has 1 aliphatic rings. The maximum atomic E-state index is 9.89. The molecule has 132 valence electrons. The number of hydrogen-bond donors (Lipinski definition) is 5. The Morgan fingerprint density at radius 1 is 1.25 bits per heavy atom. The average molecular weight is 420 g/mol. The van der Waals surface area contributed by atoms with Gasteiger partial charge < -0.3 is 30.5 Å². The molecule has 1 fully saturated rings. The molecule has 0 spiro atoms. The molecule has 0 unspecified atom stereocenters. The van der Waals surface area contributed by atoms with Gasteiger partial charge in [0, 0.05) is 4.47 Å². The fourth-order valence-electron chi connectivity index (χ4n) is 2.19. The Labute approximate surface area is 152 Å². The van der Waals surface area contributed by atoms with Crippen molar-refractivity contribution in [2.45, 2.75) is 37.2 Å². The molecule has 24 heavy (non-hydrogen) atoms. The number of rotatable bonds is 4. The third-order valence-corrected chi connectivity index (χ3v) is 4.15. The van der Waals surface area contributed by atoms with Crippen LogP contribution in [-0.2, 0) is 11.3 Å². The van der Waals surface area contributed by atoms with E-state index in [4.69, 9.17) is 22.1 Å². The highest BCUT2D eigenvalue weighted by molar-refractivity contribution is 9.10. The number of hydrogen-bond acceptors (Lipinski definition) is 7. The second kappa shape index (κ2) is 8.90. The lowest BCUT2D eigenvalue weighted by atomic mass is 9.98. The Morgan fingerprint density at radius 3 is 2.67 bits per heavy atom. The van der Waals surface area contributed by atoms with Crippen molar-refractivity contribution in [3.05, 3.63) is 34.3 Å². The van der Waals surface area contributed by atoms with E-state index in [1.165, 1.54) is 0 Å². The fourth-order valence-corrected chi connectivity index (χ4v) is 2.81. The highest BCUT2D eigenvalue weighted by Crippen LogP contribution is 2.19. The number of thiocarbonyl (C=S) groups is 1. The maximum Gasteiger partial charge on any atom is 0.215 e. The fraction of sp³-hybridized carbons (Fsp3) is 0.500. The smallest absolute Gasteiger partial charge is 0.215 e. The Hall–Kier alpha value is -1.01. The molecule has 0 aromatic heterocycles. The highest BCUT2D eigenvalue weighted by atomic mass is 79.9. The molecule has 8 nitrogen and oxygen atoms in total. The molecule has 0 amide bonds. The molecule has 10 heteroatoms. The number of aliphatic hydroxyl groups excluding tert-OH is 4. The van der Waals surface area contributed by atoms with Crippen LogP contribution in [0.1, 0.15) is 5.56 Å². The second-order valence-corrected chi connectivity index (χ2v) is 6.53. The number of nitrogens with zero attached hydrogens (tertiary/aromatic N) is 2. The van der Waals surface area contributed by atoms with Crippen LogP contribution in [0.4, 0.5) is 0 Å². The first kappa shape index (κ1) is 19.3. The van der Waals surface area contributed by atoms with E-state index in [0.29, 0.717) is 6.54 Å². The van der Waals surface area contributed by atoms with Gasteiger partial charge in [0.15, 0.2) is 6.23 Å². The van der Waals surface area contributed by atoms with Crippen molar-refractivity contribution < 1.29 is 25.2 Å². The molecular formula is C14H18BrN3O5S. The Bertz CT molecular complexity index is 604. The summed E-state index contributed by atoms with van der Waals surface area (Å²) >= 11 is 8.35. The lowest BCUT2D eigenvalue weighted by Gasteiger charge is -2.40. The number of azo groups is 1. The first-order valence-corrected chi connectivity index (χ1v) is 8.35. The molecule has 1 heterocycles. The Kier molecular flexibility index (Phi) is 7.16. The molecule has 5 N–H and O–H groups in total. The van der Waals surface area contributed by atoms with Gasteiger partial charge in [-0.25, -0.2) is 0 Å². The van der Waals surface area contributed by atoms with Crippen LogP contribution in [0.5, 0.6) is 0 Å². The van der Waals surface area contributed by atoms with Crippen molar-refractivity contribution >= 4 is 33.3 Å². The van der Waals surface area contributed by atoms with E-state index < -0.39 is 37.3 Å². The van der Waals surface area contributed by atoms with Crippen LogP contribution in [0.25, 0.3) is 0 Å². The summed E-state index contributed by atoms with van der Waals surface area (Å²) in [7, 11) is 0. The van der Waals surface area contributed by atoms with Gasteiger partial charge in [0.25, 0.3) is 0 Å². The third-order valence-electron chi connectivity index (χ3n) is 3.46. The zero-order valence-electron chi connectivity index (χ0n) is 12.5. The minimum Gasteiger partial charge on any atom is -0.394 e. The predicted octanol–water partition coefficient (Wildman–Crippen LogP) is 0.0757. The number of aliphatic hydroxyl groups is 4. The van der Waals surface area contributed by atoms with E-state index in [1.807, 2.05) is 24.3 Å². The topological polar surface area (TPSA) is 127 Å². The van der Waals surface area contributed by atoms with Crippen molar-refractivity contribution in [3.63, 3.8) is 0 Å². The zero-order chi connectivity index (χ0) is 17.7. The van der Waals surface area contributed by atoms with Crippen LogP contribution >= 0.6 is 28.1 Å². The quantitative estimate of drug-likeness (QED) is 0.345. The standard InChI is InChI=1S/C14H18BrN3O5S/c15-8-3-1-2-7(4-8)5-16-18-14(24)17-13-12(22)11(21)10(20)9(6-19)23-13/h1-4,9-13,19-22H,5-6H2,(H,17,24)/t9-,10-,11+,12-,13-/m1/s1. The SMILES string of the molecule is OC[C@H]1O[C@@H](NC(=S)N=NCc2cccc(Br)c2)[C@H](O)[C@@H](O)[C@@H]1O. The molecule has 0 saturated carbocycles. The number of nitrogens with one attached hydrogen (secondary N) is 1. The maximum absolute atomic E-state index is 9.89. The van der Waals surface area contributed by atoms with Gasteiger partial charge >= 0.3 is 0 Å². The van der Waals surface area contributed by atoms with Gasteiger partial charge in [-0.15, -0.1) is 5.11 Å². The zero-order valence-corrected chi connectivity index (χ0v) is 14.9. The Morgan fingerprint density at radius 2 is 2.00 bits per heavy atom. The number of ether oxygens (including phenoxy) is 1. The Balaban J connectivity index is 1.90. The van der Waals surface area contributed by atoms with Gasteiger partial charge in [-0.1, -0.05) is 28.1 Å². The van der Waals surface area contributed by atoms with Gasteiger partial charge in [0.2, 0.25) is 5.11 Å².